The Morgan fingerprint density at radius 3 is 2.74 bits per heavy atom. The second-order valence-corrected chi connectivity index (χ2v) is 5.81. The summed E-state index contributed by atoms with van der Waals surface area (Å²) < 4.78 is 0.945. The third kappa shape index (κ3) is 3.27. The number of amides is 1. The van der Waals surface area contributed by atoms with Crippen LogP contribution in [0.5, 0.6) is 0 Å². The lowest BCUT2D eigenvalue weighted by Gasteiger charge is -2.05. The molecule has 0 fully saturated rings. The Hall–Kier alpha value is -3.00. The highest BCUT2D eigenvalue weighted by atomic mass is 32.1. The van der Waals surface area contributed by atoms with Crippen LogP contribution >= 0.6 is 11.3 Å². The molecule has 0 saturated carbocycles. The third-order valence-electron chi connectivity index (χ3n) is 3.12. The first-order valence-electron chi connectivity index (χ1n) is 6.66. The zero-order valence-electron chi connectivity index (χ0n) is 11.8. The van der Waals surface area contributed by atoms with E-state index in [0.29, 0.717) is 11.7 Å². The number of nitrogen functional groups attached to an aromatic ring is 1. The van der Waals surface area contributed by atoms with Crippen molar-refractivity contribution in [3.05, 3.63) is 53.3 Å². The van der Waals surface area contributed by atoms with Gasteiger partial charge in [-0.05, 0) is 29.8 Å². The molecule has 3 rings (SSSR count). The maximum atomic E-state index is 12.1. The number of aromatic nitrogens is 2. The predicted molar refractivity (Wildman–Crippen MR) is 86.4 cm³/mol. The van der Waals surface area contributed by atoms with Crippen LogP contribution in [0, 0.1) is 0 Å². The van der Waals surface area contributed by atoms with Crippen molar-refractivity contribution in [2.75, 3.05) is 5.73 Å². The summed E-state index contributed by atoms with van der Waals surface area (Å²) in [5, 5.41) is 12.1. The minimum absolute atomic E-state index is 0.0630. The van der Waals surface area contributed by atoms with Gasteiger partial charge in [-0.25, -0.2) is 14.8 Å². The van der Waals surface area contributed by atoms with Crippen LogP contribution in [0.3, 0.4) is 0 Å². The van der Waals surface area contributed by atoms with E-state index in [1.807, 2.05) is 18.2 Å². The molecule has 2 aromatic heterocycles. The fraction of sp³-hybridized carbons (Fsp3) is 0.0667. The van der Waals surface area contributed by atoms with Crippen molar-refractivity contribution in [1.82, 2.24) is 15.3 Å². The molecule has 8 heteroatoms. The predicted octanol–water partition coefficient (Wildman–Crippen LogP) is 1.90. The summed E-state index contributed by atoms with van der Waals surface area (Å²) in [4.78, 5) is 30.9. The minimum atomic E-state index is -1.17. The molecule has 3 aromatic rings. The van der Waals surface area contributed by atoms with Crippen molar-refractivity contribution < 1.29 is 14.7 Å². The first kappa shape index (κ1) is 14.9. The van der Waals surface area contributed by atoms with E-state index in [-0.39, 0.29) is 11.4 Å². The van der Waals surface area contributed by atoms with Crippen molar-refractivity contribution in [3.63, 3.8) is 0 Å². The lowest BCUT2D eigenvalue weighted by molar-refractivity contribution is 0.0690. The van der Waals surface area contributed by atoms with Crippen LogP contribution in [0.2, 0.25) is 0 Å². The molecule has 0 bridgehead atoms. The van der Waals surface area contributed by atoms with Gasteiger partial charge in [0.2, 0.25) is 0 Å². The molecule has 1 amide bonds. The van der Waals surface area contributed by atoms with Gasteiger partial charge in [-0.15, -0.1) is 0 Å². The lowest BCUT2D eigenvalue weighted by atomic mass is 10.2. The normalized spacial score (nSPS) is 10.6. The van der Waals surface area contributed by atoms with Gasteiger partial charge < -0.3 is 16.2 Å². The van der Waals surface area contributed by atoms with Crippen molar-refractivity contribution >= 4 is 38.6 Å². The number of carboxylic acid groups (broad SMARTS) is 1. The molecule has 0 atom stereocenters. The zero-order chi connectivity index (χ0) is 16.4. The standard InChI is InChI=1S/C15H12N4O3S/c16-15-19-9-5-4-8(6-12(9)23-15)7-17-13(20)10-2-1-3-11(18-10)14(21)22/h1-6H,7H2,(H2,16,19)(H,17,20)(H,21,22). The number of hydrogen-bond acceptors (Lipinski definition) is 6. The highest BCUT2D eigenvalue weighted by Crippen LogP contribution is 2.24. The summed E-state index contributed by atoms with van der Waals surface area (Å²) in [5.41, 5.74) is 7.26. The van der Waals surface area contributed by atoms with Crippen LogP contribution in [0.4, 0.5) is 5.13 Å². The number of rotatable bonds is 4. The van der Waals surface area contributed by atoms with Crippen LogP contribution in [0.25, 0.3) is 10.2 Å². The van der Waals surface area contributed by atoms with E-state index in [1.165, 1.54) is 29.5 Å². The van der Waals surface area contributed by atoms with Crippen LogP contribution < -0.4 is 11.1 Å². The number of benzene rings is 1. The summed E-state index contributed by atoms with van der Waals surface area (Å²) in [5.74, 6) is -1.61. The number of nitrogens with one attached hydrogen (secondary N) is 1. The van der Waals surface area contributed by atoms with Crippen molar-refractivity contribution in [3.8, 4) is 0 Å². The number of pyridine rings is 1. The first-order valence-corrected chi connectivity index (χ1v) is 7.48. The average molecular weight is 328 g/mol. The average Bonchev–Trinajstić information content (AvgIpc) is 2.91. The molecule has 0 radical (unpaired) electrons. The van der Waals surface area contributed by atoms with Gasteiger partial charge in [-0.3, -0.25) is 4.79 Å². The molecule has 116 valence electrons. The van der Waals surface area contributed by atoms with Crippen LogP contribution in [-0.2, 0) is 6.54 Å². The Labute approximate surface area is 134 Å². The van der Waals surface area contributed by atoms with E-state index in [9.17, 15) is 9.59 Å². The summed E-state index contributed by atoms with van der Waals surface area (Å²) in [7, 11) is 0. The highest BCUT2D eigenvalue weighted by molar-refractivity contribution is 7.22. The van der Waals surface area contributed by atoms with E-state index in [2.05, 4.69) is 15.3 Å². The second kappa shape index (κ2) is 6.01. The fourth-order valence-corrected chi connectivity index (χ4v) is 2.85. The van der Waals surface area contributed by atoms with Gasteiger partial charge in [-0.1, -0.05) is 23.5 Å². The molecule has 0 aliphatic carbocycles. The molecule has 0 aliphatic rings. The van der Waals surface area contributed by atoms with Gasteiger partial charge in [0.05, 0.1) is 10.2 Å². The number of thiazole rings is 1. The molecule has 0 spiro atoms. The zero-order valence-corrected chi connectivity index (χ0v) is 12.6. The first-order chi connectivity index (χ1) is 11.0. The summed E-state index contributed by atoms with van der Waals surface area (Å²) in [6.45, 7) is 0.297. The highest BCUT2D eigenvalue weighted by Gasteiger charge is 2.11. The van der Waals surface area contributed by atoms with Crippen LogP contribution in [0.15, 0.2) is 36.4 Å². The number of carbonyl (C=O) groups is 2. The van der Waals surface area contributed by atoms with E-state index >= 15 is 0 Å². The molecular formula is C15H12N4O3S. The smallest absolute Gasteiger partial charge is 0.354 e. The van der Waals surface area contributed by atoms with Gasteiger partial charge in [0.15, 0.2) is 5.13 Å². The largest absolute Gasteiger partial charge is 0.477 e. The number of anilines is 1. The molecule has 4 N–H and O–H groups in total. The molecule has 0 saturated heterocycles. The number of aromatic carboxylic acids is 1. The van der Waals surface area contributed by atoms with Crippen molar-refractivity contribution in [2.45, 2.75) is 6.54 Å². The molecule has 2 heterocycles. The SMILES string of the molecule is Nc1nc2ccc(CNC(=O)c3cccc(C(=O)O)n3)cc2s1. The van der Waals surface area contributed by atoms with E-state index < -0.39 is 11.9 Å². The van der Waals surface area contributed by atoms with Gasteiger partial charge in [0.1, 0.15) is 11.4 Å². The Morgan fingerprint density at radius 1 is 1.17 bits per heavy atom. The van der Waals surface area contributed by atoms with Gasteiger partial charge in [0.25, 0.3) is 5.91 Å². The van der Waals surface area contributed by atoms with E-state index in [4.69, 9.17) is 10.8 Å². The van der Waals surface area contributed by atoms with E-state index in [1.54, 1.807) is 0 Å². The Morgan fingerprint density at radius 2 is 1.96 bits per heavy atom. The van der Waals surface area contributed by atoms with Crippen molar-refractivity contribution in [2.24, 2.45) is 0 Å². The molecule has 23 heavy (non-hydrogen) atoms. The van der Waals surface area contributed by atoms with Crippen LogP contribution in [0.1, 0.15) is 26.5 Å². The van der Waals surface area contributed by atoms with Gasteiger partial charge >= 0.3 is 5.97 Å². The third-order valence-corrected chi connectivity index (χ3v) is 3.97. The number of nitrogens with zero attached hydrogens (tertiary/aromatic N) is 2. The molecule has 0 unspecified atom stereocenters. The van der Waals surface area contributed by atoms with Crippen LogP contribution in [-0.4, -0.2) is 27.0 Å². The lowest BCUT2D eigenvalue weighted by Crippen LogP contribution is -2.24. The van der Waals surface area contributed by atoms with E-state index in [0.717, 1.165) is 15.8 Å². The molecule has 1 aromatic carbocycles. The summed E-state index contributed by atoms with van der Waals surface area (Å²) >= 11 is 1.38. The summed E-state index contributed by atoms with van der Waals surface area (Å²) in [6.07, 6.45) is 0. The molecule has 0 aliphatic heterocycles. The topological polar surface area (TPSA) is 118 Å². The second-order valence-electron chi connectivity index (χ2n) is 4.75. The van der Waals surface area contributed by atoms with Gasteiger partial charge in [-0.2, -0.15) is 0 Å². The minimum Gasteiger partial charge on any atom is -0.477 e. The van der Waals surface area contributed by atoms with Crippen molar-refractivity contribution in [1.29, 1.82) is 0 Å². The molecular weight excluding hydrogens is 316 g/mol. The Bertz CT molecular complexity index is 907. The number of carbonyl (C=O) groups excluding carboxylic acids is 1. The maximum Gasteiger partial charge on any atom is 0.354 e. The Balaban J connectivity index is 1.72. The molecule has 7 nitrogen and oxygen atoms in total. The fourth-order valence-electron chi connectivity index (χ4n) is 2.05. The summed E-state index contributed by atoms with van der Waals surface area (Å²) in [6, 6.07) is 9.88. The monoisotopic (exact) mass is 328 g/mol. The van der Waals surface area contributed by atoms with Gasteiger partial charge in [0, 0.05) is 6.54 Å². The number of fused-ring (bicyclic) bond motifs is 1. The number of hydrogen-bond donors (Lipinski definition) is 3. The number of carboxylic acids is 1. The number of nitrogens with two attached hydrogens (primary N) is 1. The quantitative estimate of drug-likeness (QED) is 0.673. The Kier molecular flexibility index (Phi) is 3.90. The maximum absolute atomic E-state index is 12.1.